The summed E-state index contributed by atoms with van der Waals surface area (Å²) in [4.78, 5) is 39.5. The predicted octanol–water partition coefficient (Wildman–Crippen LogP) is 6.50. The first-order valence-electron chi connectivity index (χ1n) is 12.5. The molecule has 0 spiro atoms. The first-order valence-corrected chi connectivity index (χ1v) is 13.3. The number of halogens is 1. The van der Waals surface area contributed by atoms with Crippen molar-refractivity contribution in [3.63, 3.8) is 0 Å². The molecule has 2 aromatic heterocycles. The monoisotopic (exact) mass is 553 g/mol. The lowest BCUT2D eigenvalue weighted by Gasteiger charge is -2.18. The van der Waals surface area contributed by atoms with Gasteiger partial charge >= 0.3 is 0 Å². The van der Waals surface area contributed by atoms with Gasteiger partial charge in [-0.25, -0.2) is 0 Å². The molecule has 0 bridgehead atoms. The van der Waals surface area contributed by atoms with Crippen LogP contribution in [-0.4, -0.2) is 34.7 Å². The number of fused-ring (bicyclic) bond motifs is 4. The number of hydrogen-bond acceptors (Lipinski definition) is 4. The molecule has 6 rings (SSSR count). The second kappa shape index (κ2) is 11.1. The fourth-order valence-electron chi connectivity index (χ4n) is 5.16. The second-order valence-electron chi connectivity index (χ2n) is 9.14. The summed E-state index contributed by atoms with van der Waals surface area (Å²) in [5.41, 5.74) is 5.68. The molecule has 9 heteroatoms. The van der Waals surface area contributed by atoms with Gasteiger partial charge in [0.2, 0.25) is 0 Å². The Morgan fingerprint density at radius 2 is 1.77 bits per heavy atom. The standard InChI is InChI=1S/C30H25N5O3.CH3Cl/c1-3-17-14-25(33-23(17)4-2)29(36)32-19-9-10-24-18(13-19)15-26(34-24)30(37)35-12-11-21-20-7-5-6-8-22(20)28(38-31)16-27(21)35;1-2/h3-10,13-16,33-34H,1-2,11-12,31H2,(H,32,36);1H3. The van der Waals surface area contributed by atoms with Gasteiger partial charge in [0, 0.05) is 46.7 Å². The van der Waals surface area contributed by atoms with Crippen LogP contribution in [0.25, 0.3) is 33.8 Å². The Balaban J connectivity index is 0.00000158. The third kappa shape index (κ3) is 4.64. The summed E-state index contributed by atoms with van der Waals surface area (Å²) >= 11 is 4.64. The highest BCUT2D eigenvalue weighted by molar-refractivity contribution is 6.15. The van der Waals surface area contributed by atoms with Gasteiger partial charge < -0.3 is 25.0 Å². The Hall–Kier alpha value is -4.79. The lowest BCUT2D eigenvalue weighted by atomic mass is 10.0. The number of alkyl halides is 1. The van der Waals surface area contributed by atoms with Crippen molar-refractivity contribution in [2.75, 3.05) is 23.1 Å². The largest absolute Gasteiger partial charge is 0.411 e. The number of nitrogens with zero attached hydrogens (tertiary/aromatic N) is 1. The van der Waals surface area contributed by atoms with Crippen LogP contribution < -0.4 is 21.0 Å². The number of nitrogens with one attached hydrogen (secondary N) is 3. The van der Waals surface area contributed by atoms with Crippen LogP contribution in [-0.2, 0) is 6.42 Å². The molecule has 8 nitrogen and oxygen atoms in total. The minimum atomic E-state index is -0.286. The lowest BCUT2D eigenvalue weighted by Crippen LogP contribution is -2.29. The van der Waals surface area contributed by atoms with Crippen LogP contribution in [0.4, 0.5) is 11.4 Å². The summed E-state index contributed by atoms with van der Waals surface area (Å²) in [5, 5.41) is 5.66. The summed E-state index contributed by atoms with van der Waals surface area (Å²) < 4.78 is 0. The Kier molecular flexibility index (Phi) is 7.46. The minimum absolute atomic E-state index is 0.149. The number of benzene rings is 3. The zero-order valence-corrected chi connectivity index (χ0v) is 22.6. The molecule has 3 heterocycles. The summed E-state index contributed by atoms with van der Waals surface area (Å²) in [7, 11) is 0. The van der Waals surface area contributed by atoms with Crippen LogP contribution in [0.2, 0.25) is 0 Å². The van der Waals surface area contributed by atoms with Gasteiger partial charge in [0.15, 0.2) is 5.75 Å². The molecule has 0 radical (unpaired) electrons. The number of amides is 2. The molecule has 0 aliphatic carbocycles. The van der Waals surface area contributed by atoms with E-state index in [4.69, 9.17) is 10.7 Å². The van der Waals surface area contributed by atoms with Crippen molar-refractivity contribution >= 4 is 68.6 Å². The highest BCUT2D eigenvalue weighted by Gasteiger charge is 2.29. The van der Waals surface area contributed by atoms with Crippen LogP contribution >= 0.6 is 11.6 Å². The molecular weight excluding hydrogens is 526 g/mol. The van der Waals surface area contributed by atoms with E-state index in [1.54, 1.807) is 35.3 Å². The van der Waals surface area contributed by atoms with Crippen molar-refractivity contribution in [1.29, 1.82) is 0 Å². The smallest absolute Gasteiger partial charge is 0.274 e. The molecule has 5 N–H and O–H groups in total. The van der Waals surface area contributed by atoms with Gasteiger partial charge in [-0.3, -0.25) is 9.59 Å². The Labute approximate surface area is 236 Å². The molecule has 0 saturated carbocycles. The number of rotatable bonds is 6. The molecular formula is C31H28ClN5O3. The molecule has 0 saturated heterocycles. The number of aromatic amines is 2. The fourth-order valence-corrected chi connectivity index (χ4v) is 5.16. The number of H-pyrrole nitrogens is 2. The first-order chi connectivity index (χ1) is 19.5. The average Bonchev–Trinajstić information content (AvgIpc) is 3.73. The van der Waals surface area contributed by atoms with Gasteiger partial charge in [-0.15, -0.1) is 11.6 Å². The van der Waals surface area contributed by atoms with Crippen molar-refractivity contribution in [3.05, 3.63) is 102 Å². The topological polar surface area (TPSA) is 116 Å². The molecule has 0 fully saturated rings. The quantitative estimate of drug-likeness (QED) is 0.142. The second-order valence-corrected chi connectivity index (χ2v) is 9.14. The molecule has 202 valence electrons. The zero-order chi connectivity index (χ0) is 28.4. The highest BCUT2D eigenvalue weighted by Crippen LogP contribution is 2.40. The number of carbonyl (C=O) groups is 2. The summed E-state index contributed by atoms with van der Waals surface area (Å²) in [5.74, 6) is 5.64. The Morgan fingerprint density at radius 1 is 1.00 bits per heavy atom. The maximum Gasteiger partial charge on any atom is 0.274 e. The van der Waals surface area contributed by atoms with Crippen LogP contribution in [0.5, 0.6) is 5.75 Å². The van der Waals surface area contributed by atoms with Crippen molar-refractivity contribution in [2.45, 2.75) is 6.42 Å². The van der Waals surface area contributed by atoms with Crippen molar-refractivity contribution in [3.8, 4) is 5.75 Å². The van der Waals surface area contributed by atoms with Crippen LogP contribution in [0, 0.1) is 0 Å². The average molecular weight is 554 g/mol. The fraction of sp³-hybridized carbons (Fsp3) is 0.0968. The van der Waals surface area contributed by atoms with Crippen LogP contribution in [0.3, 0.4) is 0 Å². The first kappa shape index (κ1) is 26.8. The number of carbonyl (C=O) groups excluding carboxylic acids is 2. The third-order valence-electron chi connectivity index (χ3n) is 7.00. The number of nitrogens with two attached hydrogens (primary N) is 1. The zero-order valence-electron chi connectivity index (χ0n) is 21.9. The number of anilines is 2. The van der Waals surface area contributed by atoms with E-state index in [0.29, 0.717) is 29.4 Å². The van der Waals surface area contributed by atoms with Gasteiger partial charge in [0.05, 0.1) is 5.69 Å². The lowest BCUT2D eigenvalue weighted by molar-refractivity contribution is 0.0983. The van der Waals surface area contributed by atoms with E-state index in [2.05, 4.69) is 40.0 Å². The molecule has 5 aromatic rings. The molecule has 3 aromatic carbocycles. The normalized spacial score (nSPS) is 12.0. The van der Waals surface area contributed by atoms with E-state index >= 15 is 0 Å². The molecule has 0 unspecified atom stereocenters. The summed E-state index contributed by atoms with van der Waals surface area (Å²) in [6, 6.07) is 18.7. The Bertz CT molecular complexity index is 1760. The predicted molar refractivity (Wildman–Crippen MR) is 163 cm³/mol. The van der Waals surface area contributed by atoms with Gasteiger partial charge in [-0.05, 0) is 59.3 Å². The van der Waals surface area contributed by atoms with Crippen molar-refractivity contribution < 1.29 is 14.4 Å². The van der Waals surface area contributed by atoms with E-state index in [1.165, 1.54) is 6.38 Å². The van der Waals surface area contributed by atoms with Gasteiger partial charge in [-0.2, -0.15) is 5.90 Å². The van der Waals surface area contributed by atoms with Crippen molar-refractivity contribution in [2.24, 2.45) is 5.90 Å². The van der Waals surface area contributed by atoms with E-state index < -0.39 is 0 Å². The molecule has 40 heavy (non-hydrogen) atoms. The number of aromatic nitrogens is 2. The highest BCUT2D eigenvalue weighted by atomic mass is 35.5. The summed E-state index contributed by atoms with van der Waals surface area (Å²) in [6.07, 6.45) is 5.52. The van der Waals surface area contributed by atoms with E-state index in [9.17, 15) is 9.59 Å². The summed E-state index contributed by atoms with van der Waals surface area (Å²) in [6.45, 7) is 8.07. The van der Waals surface area contributed by atoms with Crippen LogP contribution in [0.15, 0.2) is 73.8 Å². The molecule has 1 aliphatic heterocycles. The Morgan fingerprint density at radius 3 is 2.48 bits per heavy atom. The van der Waals surface area contributed by atoms with E-state index in [1.807, 2.05) is 42.5 Å². The third-order valence-corrected chi connectivity index (χ3v) is 7.00. The number of hydrogen-bond donors (Lipinski definition) is 4. The molecule has 2 amide bonds. The molecule has 1 aliphatic rings. The maximum atomic E-state index is 13.6. The van der Waals surface area contributed by atoms with Gasteiger partial charge in [-0.1, -0.05) is 43.5 Å². The van der Waals surface area contributed by atoms with Gasteiger partial charge in [0.1, 0.15) is 11.4 Å². The van der Waals surface area contributed by atoms with E-state index in [0.717, 1.165) is 50.6 Å². The SMILES string of the molecule is C=Cc1cc(C(=O)Nc2ccc3[nH]c(C(=O)N4CCc5c4cc(ON)c4ccccc54)cc3c2)[nH]c1C=C.CCl. The van der Waals surface area contributed by atoms with Crippen LogP contribution in [0.1, 0.15) is 37.8 Å². The van der Waals surface area contributed by atoms with Gasteiger partial charge in [0.25, 0.3) is 11.8 Å². The van der Waals surface area contributed by atoms with Crippen molar-refractivity contribution in [1.82, 2.24) is 9.97 Å². The molecule has 0 atom stereocenters. The minimum Gasteiger partial charge on any atom is -0.411 e. The maximum absolute atomic E-state index is 13.6. The van der Waals surface area contributed by atoms with E-state index in [-0.39, 0.29) is 11.8 Å².